The van der Waals surface area contributed by atoms with Gasteiger partial charge in [0, 0.05) is 11.6 Å². The van der Waals surface area contributed by atoms with Gasteiger partial charge in [0.2, 0.25) is 5.91 Å². The summed E-state index contributed by atoms with van der Waals surface area (Å²) in [5.74, 6) is -0.0479. The minimum atomic E-state index is -0.478. The number of hydrogen-bond acceptors (Lipinski definition) is 2. The van der Waals surface area contributed by atoms with Crippen molar-refractivity contribution in [2.45, 2.75) is 174 Å². The van der Waals surface area contributed by atoms with Gasteiger partial charge in [0.15, 0.2) is 0 Å². The molecular formula is C36H65ClN2O. The third-order valence-electron chi connectivity index (χ3n) is 8.46. The van der Waals surface area contributed by atoms with Crippen LogP contribution >= 0.6 is 12.4 Å². The Bertz CT molecular complexity index is 743. The van der Waals surface area contributed by atoms with Gasteiger partial charge in [0.25, 0.3) is 0 Å². The third kappa shape index (κ3) is 18.2. The first-order valence-corrected chi connectivity index (χ1v) is 16.7. The quantitative estimate of drug-likeness (QED) is 0.0897. The topological polar surface area (TPSA) is 55.1 Å². The van der Waals surface area contributed by atoms with Gasteiger partial charge in [0.05, 0.1) is 5.54 Å². The highest BCUT2D eigenvalue weighted by Gasteiger charge is 2.42. The zero-order chi connectivity index (χ0) is 28.7. The molecule has 1 rings (SSSR count). The van der Waals surface area contributed by atoms with E-state index in [1.54, 1.807) is 6.08 Å². The van der Waals surface area contributed by atoms with E-state index >= 15 is 0 Å². The second-order valence-corrected chi connectivity index (χ2v) is 12.5. The monoisotopic (exact) mass is 576 g/mol. The molecule has 3 nitrogen and oxygen atoms in total. The highest BCUT2D eigenvalue weighted by atomic mass is 35.5. The molecule has 1 aromatic rings. The van der Waals surface area contributed by atoms with Crippen molar-refractivity contribution >= 4 is 24.4 Å². The van der Waals surface area contributed by atoms with Gasteiger partial charge in [-0.1, -0.05) is 166 Å². The van der Waals surface area contributed by atoms with E-state index in [1.807, 2.05) is 36.4 Å². The van der Waals surface area contributed by atoms with E-state index in [1.165, 1.54) is 109 Å². The van der Waals surface area contributed by atoms with Gasteiger partial charge in [-0.2, -0.15) is 0 Å². The second-order valence-electron chi connectivity index (χ2n) is 12.5. The van der Waals surface area contributed by atoms with E-state index in [2.05, 4.69) is 33.0 Å². The molecule has 3 N–H and O–H groups in total. The number of carbonyl (C=O) groups is 1. The van der Waals surface area contributed by atoms with Crippen LogP contribution in [-0.4, -0.2) is 17.0 Å². The van der Waals surface area contributed by atoms with E-state index in [0.717, 1.165) is 31.2 Å². The molecule has 1 aromatic carbocycles. The summed E-state index contributed by atoms with van der Waals surface area (Å²) in [6, 6.07) is 9.98. The first kappa shape index (κ1) is 38.7. The summed E-state index contributed by atoms with van der Waals surface area (Å²) in [5, 5.41) is 3.35. The van der Waals surface area contributed by atoms with Crippen molar-refractivity contribution in [3.8, 4) is 0 Å². The number of nitrogens with two attached hydrogens (primary N) is 1. The Labute approximate surface area is 255 Å². The number of nitrogens with one attached hydrogen (secondary N) is 1. The maximum absolute atomic E-state index is 12.9. The van der Waals surface area contributed by atoms with Crippen LogP contribution in [0.4, 0.5) is 0 Å². The Balaban J connectivity index is 0.0000152. The van der Waals surface area contributed by atoms with Crippen LogP contribution < -0.4 is 11.1 Å². The second kappa shape index (κ2) is 24.3. The molecule has 4 heteroatoms. The predicted molar refractivity (Wildman–Crippen MR) is 180 cm³/mol. The van der Waals surface area contributed by atoms with Gasteiger partial charge in [-0.25, -0.2) is 0 Å². The first-order chi connectivity index (χ1) is 18.8. The summed E-state index contributed by atoms with van der Waals surface area (Å²) in [4.78, 5) is 12.9. The fraction of sp³-hybridized carbons (Fsp3) is 0.750. The van der Waals surface area contributed by atoms with Gasteiger partial charge in [-0.05, 0) is 38.3 Å². The standard InChI is InChI=1S/C36H64N2O.ClH/c1-5-7-8-9-10-11-12-13-14-15-16-17-18-19-20-21-22-26-32-36(31-6-2,35(3,4)37)38-34(39)30-29-33-27-24-23-25-28-33;/h23-25,27-30H,5-22,26,31-32,37H2,1-4H3,(H,38,39);1H. The Kier molecular flexibility index (Phi) is 23.5. The number of halogens is 1. The Morgan fingerprint density at radius 1 is 0.675 bits per heavy atom. The average molecular weight is 577 g/mol. The van der Waals surface area contributed by atoms with E-state index in [4.69, 9.17) is 5.73 Å². The summed E-state index contributed by atoms with van der Waals surface area (Å²) < 4.78 is 0. The highest BCUT2D eigenvalue weighted by molar-refractivity contribution is 5.92. The molecule has 1 unspecified atom stereocenters. The van der Waals surface area contributed by atoms with Crippen LogP contribution in [0.5, 0.6) is 0 Å². The van der Waals surface area contributed by atoms with Crippen molar-refractivity contribution in [1.29, 1.82) is 0 Å². The molecular weight excluding hydrogens is 512 g/mol. The summed E-state index contributed by atoms with van der Waals surface area (Å²) in [6.45, 7) is 8.61. The lowest BCUT2D eigenvalue weighted by molar-refractivity contribution is -0.119. The summed E-state index contributed by atoms with van der Waals surface area (Å²) in [5.41, 5.74) is 6.87. The van der Waals surface area contributed by atoms with Crippen molar-refractivity contribution in [3.63, 3.8) is 0 Å². The van der Waals surface area contributed by atoms with Crippen molar-refractivity contribution in [1.82, 2.24) is 5.32 Å². The zero-order valence-corrected chi connectivity index (χ0v) is 27.6. The smallest absolute Gasteiger partial charge is 0.244 e. The molecule has 1 amide bonds. The lowest BCUT2D eigenvalue weighted by Crippen LogP contribution is -2.65. The van der Waals surface area contributed by atoms with Gasteiger partial charge in [-0.3, -0.25) is 4.79 Å². The molecule has 0 aromatic heterocycles. The molecule has 232 valence electrons. The maximum atomic E-state index is 12.9. The Hall–Kier alpha value is -1.32. The maximum Gasteiger partial charge on any atom is 0.244 e. The van der Waals surface area contributed by atoms with Crippen LogP contribution in [0.1, 0.15) is 168 Å². The SMILES string of the molecule is CCCCCCCCCCCCCCCCCCCCC(CCC)(NC(=O)C=Cc1ccccc1)C(C)(C)N.Cl. The van der Waals surface area contributed by atoms with Gasteiger partial charge >= 0.3 is 0 Å². The van der Waals surface area contributed by atoms with Gasteiger partial charge in [0.1, 0.15) is 0 Å². The van der Waals surface area contributed by atoms with Crippen LogP contribution in [0.15, 0.2) is 36.4 Å². The molecule has 0 fully saturated rings. The fourth-order valence-electron chi connectivity index (χ4n) is 5.82. The molecule has 0 heterocycles. The summed E-state index contributed by atoms with van der Waals surface area (Å²) in [7, 11) is 0. The van der Waals surface area contributed by atoms with Crippen molar-refractivity contribution in [2.24, 2.45) is 5.73 Å². The van der Waals surface area contributed by atoms with Crippen molar-refractivity contribution in [3.05, 3.63) is 42.0 Å². The van der Waals surface area contributed by atoms with E-state index < -0.39 is 5.54 Å². The molecule has 0 aliphatic rings. The molecule has 1 atom stereocenters. The minimum absolute atomic E-state index is 0. The Morgan fingerprint density at radius 3 is 1.50 bits per heavy atom. The van der Waals surface area contributed by atoms with E-state index in [-0.39, 0.29) is 23.9 Å². The molecule has 0 aliphatic heterocycles. The molecule has 0 saturated heterocycles. The van der Waals surface area contributed by atoms with Crippen LogP contribution in [0, 0.1) is 0 Å². The molecule has 0 saturated carbocycles. The average Bonchev–Trinajstić information content (AvgIpc) is 2.91. The van der Waals surface area contributed by atoms with Crippen LogP contribution in [0.25, 0.3) is 6.08 Å². The molecule has 0 spiro atoms. The zero-order valence-electron chi connectivity index (χ0n) is 26.8. The van der Waals surface area contributed by atoms with Crippen LogP contribution in [0.3, 0.4) is 0 Å². The number of rotatable bonds is 25. The molecule has 40 heavy (non-hydrogen) atoms. The number of carbonyl (C=O) groups excluding carboxylic acids is 1. The third-order valence-corrected chi connectivity index (χ3v) is 8.46. The normalized spacial score (nSPS) is 13.2. The molecule has 0 radical (unpaired) electrons. The van der Waals surface area contributed by atoms with Gasteiger partial charge < -0.3 is 11.1 Å². The van der Waals surface area contributed by atoms with E-state index in [9.17, 15) is 4.79 Å². The van der Waals surface area contributed by atoms with Crippen molar-refractivity contribution < 1.29 is 4.79 Å². The minimum Gasteiger partial charge on any atom is -0.345 e. The Morgan fingerprint density at radius 2 is 1.10 bits per heavy atom. The first-order valence-electron chi connectivity index (χ1n) is 16.7. The summed E-state index contributed by atoms with van der Waals surface area (Å²) >= 11 is 0. The number of unbranched alkanes of at least 4 members (excludes halogenated alkanes) is 17. The van der Waals surface area contributed by atoms with Crippen molar-refractivity contribution in [2.75, 3.05) is 0 Å². The predicted octanol–water partition coefficient (Wildman–Crippen LogP) is 10.9. The van der Waals surface area contributed by atoms with E-state index in [0.29, 0.717) is 0 Å². The lowest BCUT2D eigenvalue weighted by atomic mass is 9.73. The van der Waals surface area contributed by atoms with Gasteiger partial charge in [-0.15, -0.1) is 12.4 Å². The highest BCUT2D eigenvalue weighted by Crippen LogP contribution is 2.31. The number of benzene rings is 1. The molecule has 0 bridgehead atoms. The van der Waals surface area contributed by atoms with Crippen LogP contribution in [-0.2, 0) is 4.79 Å². The number of amides is 1. The van der Waals surface area contributed by atoms with Crippen LogP contribution in [0.2, 0.25) is 0 Å². The largest absolute Gasteiger partial charge is 0.345 e. The number of hydrogen-bond donors (Lipinski definition) is 2. The fourth-order valence-corrected chi connectivity index (χ4v) is 5.82. The molecule has 0 aliphatic carbocycles. The lowest BCUT2D eigenvalue weighted by Gasteiger charge is -2.45. The summed E-state index contributed by atoms with van der Waals surface area (Å²) in [6.07, 6.45) is 31.2.